The number of aromatic nitrogens is 3. The summed E-state index contributed by atoms with van der Waals surface area (Å²) in [6.07, 6.45) is 3.32. The summed E-state index contributed by atoms with van der Waals surface area (Å²) < 4.78 is 16.3. The van der Waals surface area contributed by atoms with E-state index in [2.05, 4.69) is 26.4 Å². The van der Waals surface area contributed by atoms with Gasteiger partial charge in [0.05, 0.1) is 52.4 Å². The number of rotatable bonds is 3. The predicted molar refractivity (Wildman–Crippen MR) is 113 cm³/mol. The van der Waals surface area contributed by atoms with Crippen LogP contribution in [0.15, 0.2) is 36.5 Å². The van der Waals surface area contributed by atoms with Crippen molar-refractivity contribution in [3.63, 3.8) is 0 Å². The fourth-order valence-electron chi connectivity index (χ4n) is 4.25. The van der Waals surface area contributed by atoms with E-state index in [4.69, 9.17) is 5.26 Å². The van der Waals surface area contributed by atoms with E-state index < -0.39 is 5.82 Å². The van der Waals surface area contributed by atoms with Crippen LogP contribution < -0.4 is 10.2 Å². The highest BCUT2D eigenvalue weighted by Gasteiger charge is 2.28. The third-order valence-electron chi connectivity index (χ3n) is 5.93. The Kier molecular flexibility index (Phi) is 4.79. The highest BCUT2D eigenvalue weighted by atomic mass is 19.1. The maximum atomic E-state index is 14.7. The van der Waals surface area contributed by atoms with Crippen molar-refractivity contribution in [2.75, 3.05) is 18.0 Å². The molecule has 0 spiro atoms. The first kappa shape index (κ1) is 19.7. The van der Waals surface area contributed by atoms with Crippen LogP contribution >= 0.6 is 0 Å². The number of carbonyl (C=O) groups excluding carboxylic acids is 1. The van der Waals surface area contributed by atoms with E-state index in [0.29, 0.717) is 16.9 Å². The molecule has 0 unspecified atom stereocenters. The molecule has 1 amide bonds. The summed E-state index contributed by atoms with van der Waals surface area (Å²) >= 11 is 0. The Hall–Kier alpha value is -4.24. The number of hydrogen-bond donors (Lipinski definition) is 1. The quantitative estimate of drug-likeness (QED) is 0.688. The number of benzene rings is 1. The average molecular weight is 427 g/mol. The van der Waals surface area contributed by atoms with E-state index in [1.54, 1.807) is 16.9 Å². The SMILES string of the molecule is N#Cc1cccc(F)c1-c1cc(-n2ccc(N3CCC(C#N)CC3)n2)c2c(n1)CNC2=O. The number of piperidine rings is 1. The summed E-state index contributed by atoms with van der Waals surface area (Å²) in [4.78, 5) is 19.1. The van der Waals surface area contributed by atoms with Crippen LogP contribution in [0.4, 0.5) is 10.2 Å². The van der Waals surface area contributed by atoms with E-state index in [0.717, 1.165) is 31.7 Å². The van der Waals surface area contributed by atoms with Gasteiger partial charge >= 0.3 is 0 Å². The minimum Gasteiger partial charge on any atom is -0.355 e. The number of carbonyl (C=O) groups is 1. The zero-order chi connectivity index (χ0) is 22.2. The molecule has 2 aliphatic rings. The first-order valence-electron chi connectivity index (χ1n) is 10.3. The minimum atomic E-state index is -0.554. The Morgan fingerprint density at radius 2 is 1.97 bits per heavy atom. The second kappa shape index (κ2) is 7.78. The summed E-state index contributed by atoms with van der Waals surface area (Å²) in [6.45, 7) is 1.69. The number of fused-ring (bicyclic) bond motifs is 1. The topological polar surface area (TPSA) is 111 Å². The molecule has 0 radical (unpaired) electrons. The van der Waals surface area contributed by atoms with Gasteiger partial charge in [-0.3, -0.25) is 4.79 Å². The van der Waals surface area contributed by atoms with Gasteiger partial charge in [-0.15, -0.1) is 0 Å². The van der Waals surface area contributed by atoms with Gasteiger partial charge in [0.15, 0.2) is 5.82 Å². The molecule has 1 fully saturated rings. The fraction of sp³-hybridized carbons (Fsp3) is 0.261. The molecule has 0 atom stereocenters. The van der Waals surface area contributed by atoms with Crippen LogP contribution in [-0.2, 0) is 6.54 Å². The third kappa shape index (κ3) is 3.25. The van der Waals surface area contributed by atoms with Crippen molar-refractivity contribution >= 4 is 11.7 Å². The van der Waals surface area contributed by atoms with Gasteiger partial charge in [-0.05, 0) is 31.0 Å². The molecule has 1 N–H and O–H groups in total. The van der Waals surface area contributed by atoms with E-state index in [1.807, 2.05) is 12.1 Å². The van der Waals surface area contributed by atoms with Gasteiger partial charge in [-0.1, -0.05) is 6.07 Å². The van der Waals surface area contributed by atoms with Crippen molar-refractivity contribution in [1.29, 1.82) is 10.5 Å². The number of amides is 1. The van der Waals surface area contributed by atoms with Crippen molar-refractivity contribution in [1.82, 2.24) is 20.1 Å². The zero-order valence-electron chi connectivity index (χ0n) is 17.0. The predicted octanol–water partition coefficient (Wildman–Crippen LogP) is 2.93. The van der Waals surface area contributed by atoms with E-state index in [1.165, 1.54) is 18.2 Å². The Bertz CT molecular complexity index is 1310. The van der Waals surface area contributed by atoms with E-state index in [-0.39, 0.29) is 35.2 Å². The molecule has 3 aromatic rings. The highest BCUT2D eigenvalue weighted by molar-refractivity contribution is 6.01. The average Bonchev–Trinajstić information content (AvgIpc) is 3.46. The summed E-state index contributed by atoms with van der Waals surface area (Å²) in [7, 11) is 0. The molecule has 9 heteroatoms. The molecule has 0 aliphatic carbocycles. The third-order valence-corrected chi connectivity index (χ3v) is 5.93. The van der Waals surface area contributed by atoms with Crippen LogP contribution in [0, 0.1) is 34.4 Å². The van der Waals surface area contributed by atoms with Gasteiger partial charge in [-0.2, -0.15) is 15.6 Å². The van der Waals surface area contributed by atoms with Crippen LogP contribution in [0.25, 0.3) is 16.9 Å². The number of anilines is 1. The number of nitrogens with zero attached hydrogens (tertiary/aromatic N) is 6. The fourth-order valence-corrected chi connectivity index (χ4v) is 4.25. The molecule has 4 heterocycles. The zero-order valence-corrected chi connectivity index (χ0v) is 17.0. The lowest BCUT2D eigenvalue weighted by atomic mass is 9.99. The molecule has 2 aliphatic heterocycles. The molecule has 5 rings (SSSR count). The standard InChI is InChI=1S/C23H18FN7O/c24-16-3-1-2-15(12-26)21(16)17-10-19(22-18(28-17)13-27-23(22)32)31-9-6-20(29-31)30-7-4-14(11-25)5-8-30/h1-3,6,9-10,14H,4-5,7-8,13H2,(H,27,32). The van der Waals surface area contributed by atoms with Crippen molar-refractivity contribution in [3.8, 4) is 29.1 Å². The Balaban J connectivity index is 1.59. The molecular formula is C23H18FN7O. The molecular weight excluding hydrogens is 409 g/mol. The first-order valence-corrected chi connectivity index (χ1v) is 10.3. The van der Waals surface area contributed by atoms with Crippen molar-refractivity contribution in [2.45, 2.75) is 19.4 Å². The van der Waals surface area contributed by atoms with Gasteiger partial charge < -0.3 is 10.2 Å². The number of nitriles is 2. The summed E-state index contributed by atoms with van der Waals surface area (Å²) in [5.74, 6) is -0.00936. The molecule has 0 bridgehead atoms. The highest BCUT2D eigenvalue weighted by Crippen LogP contribution is 2.32. The molecule has 1 saturated heterocycles. The lowest BCUT2D eigenvalue weighted by molar-refractivity contribution is 0.0965. The molecule has 32 heavy (non-hydrogen) atoms. The largest absolute Gasteiger partial charge is 0.355 e. The molecule has 0 saturated carbocycles. The number of hydrogen-bond acceptors (Lipinski definition) is 6. The second-order valence-corrected chi connectivity index (χ2v) is 7.81. The first-order chi connectivity index (χ1) is 15.6. The van der Waals surface area contributed by atoms with Crippen LogP contribution in [0.2, 0.25) is 0 Å². The minimum absolute atomic E-state index is 0.0677. The van der Waals surface area contributed by atoms with Gasteiger partial charge in [0.1, 0.15) is 5.82 Å². The normalized spacial score (nSPS) is 15.7. The lowest BCUT2D eigenvalue weighted by Gasteiger charge is -2.28. The summed E-state index contributed by atoms with van der Waals surface area (Å²) in [5, 5.41) is 26.0. The summed E-state index contributed by atoms with van der Waals surface area (Å²) in [6, 6.07) is 12.1. The number of pyridine rings is 1. The second-order valence-electron chi connectivity index (χ2n) is 7.81. The molecule has 158 valence electrons. The summed E-state index contributed by atoms with van der Waals surface area (Å²) in [5.41, 5.74) is 1.90. The van der Waals surface area contributed by atoms with E-state index >= 15 is 0 Å². The monoisotopic (exact) mass is 427 g/mol. The number of halogens is 1. The van der Waals surface area contributed by atoms with Gasteiger partial charge in [0.25, 0.3) is 5.91 Å². The van der Waals surface area contributed by atoms with Gasteiger partial charge in [0.2, 0.25) is 0 Å². The van der Waals surface area contributed by atoms with Crippen LogP contribution in [-0.4, -0.2) is 33.8 Å². The van der Waals surface area contributed by atoms with Crippen molar-refractivity contribution in [2.24, 2.45) is 5.92 Å². The van der Waals surface area contributed by atoms with E-state index in [9.17, 15) is 14.4 Å². The maximum absolute atomic E-state index is 14.7. The Morgan fingerprint density at radius 3 is 2.72 bits per heavy atom. The lowest BCUT2D eigenvalue weighted by Crippen LogP contribution is -2.33. The Morgan fingerprint density at radius 1 is 1.16 bits per heavy atom. The molecule has 8 nitrogen and oxygen atoms in total. The van der Waals surface area contributed by atoms with Crippen LogP contribution in [0.1, 0.15) is 34.5 Å². The van der Waals surface area contributed by atoms with Crippen molar-refractivity contribution in [3.05, 3.63) is 59.2 Å². The smallest absolute Gasteiger partial charge is 0.255 e. The van der Waals surface area contributed by atoms with Crippen LogP contribution in [0.5, 0.6) is 0 Å². The number of nitrogens with one attached hydrogen (secondary N) is 1. The maximum Gasteiger partial charge on any atom is 0.255 e. The molecule has 1 aromatic carbocycles. The van der Waals surface area contributed by atoms with Gasteiger partial charge in [0, 0.05) is 31.3 Å². The Labute approximate surface area is 183 Å². The van der Waals surface area contributed by atoms with Gasteiger partial charge in [-0.25, -0.2) is 14.1 Å². The molecule has 2 aromatic heterocycles. The van der Waals surface area contributed by atoms with Crippen LogP contribution in [0.3, 0.4) is 0 Å². The van der Waals surface area contributed by atoms with Crippen molar-refractivity contribution < 1.29 is 9.18 Å².